The van der Waals surface area contributed by atoms with Gasteiger partial charge in [0.15, 0.2) is 0 Å². The quantitative estimate of drug-likeness (QED) is 0.870. The maximum Gasteiger partial charge on any atom is 0.243 e. The van der Waals surface area contributed by atoms with Crippen LogP contribution >= 0.6 is 12.4 Å². The largest absolute Gasteiger partial charge is 0.314 e. The Kier molecular flexibility index (Phi) is 6.09. The van der Waals surface area contributed by atoms with Crippen LogP contribution in [0.1, 0.15) is 49.7 Å². The Hall–Kier alpha value is -0.620. The molecule has 0 bridgehead atoms. The third-order valence-corrected chi connectivity index (χ3v) is 8.02. The number of fused-ring (bicyclic) bond motifs is 1. The van der Waals surface area contributed by atoms with Crippen molar-refractivity contribution in [2.75, 3.05) is 19.6 Å². The molecule has 2 saturated heterocycles. The molecule has 25 heavy (non-hydrogen) atoms. The summed E-state index contributed by atoms with van der Waals surface area (Å²) in [6.07, 6.45) is 9.01. The lowest BCUT2D eigenvalue weighted by Gasteiger charge is -2.34. The number of aryl methyl sites for hydroxylation is 2. The minimum absolute atomic E-state index is 0. The highest BCUT2D eigenvalue weighted by Gasteiger charge is 2.33. The van der Waals surface area contributed by atoms with Gasteiger partial charge in [0.2, 0.25) is 10.0 Å². The van der Waals surface area contributed by atoms with Gasteiger partial charge < -0.3 is 5.32 Å². The second-order valence-electron chi connectivity index (χ2n) is 7.58. The SMILES string of the molecule is Cl.O=S(=O)(c1ccc2c(c1)CCCC2)N1CCC(C2CCCN2)CC1. The van der Waals surface area contributed by atoms with Crippen molar-refractivity contribution in [1.82, 2.24) is 9.62 Å². The topological polar surface area (TPSA) is 49.4 Å². The van der Waals surface area contributed by atoms with E-state index in [1.807, 2.05) is 18.2 Å². The maximum absolute atomic E-state index is 13.0. The van der Waals surface area contributed by atoms with Gasteiger partial charge in [-0.25, -0.2) is 8.42 Å². The van der Waals surface area contributed by atoms with Crippen molar-refractivity contribution >= 4 is 22.4 Å². The third kappa shape index (κ3) is 3.90. The van der Waals surface area contributed by atoms with E-state index < -0.39 is 10.0 Å². The molecule has 140 valence electrons. The van der Waals surface area contributed by atoms with Crippen molar-refractivity contribution < 1.29 is 8.42 Å². The molecule has 0 spiro atoms. The van der Waals surface area contributed by atoms with Crippen LogP contribution in [0.3, 0.4) is 0 Å². The van der Waals surface area contributed by atoms with E-state index in [1.54, 1.807) is 4.31 Å². The first-order valence-corrected chi connectivity index (χ1v) is 10.9. The molecule has 0 radical (unpaired) electrons. The van der Waals surface area contributed by atoms with Crippen molar-refractivity contribution in [2.45, 2.75) is 62.3 Å². The zero-order valence-electron chi connectivity index (χ0n) is 14.7. The van der Waals surface area contributed by atoms with Gasteiger partial charge >= 0.3 is 0 Å². The van der Waals surface area contributed by atoms with E-state index in [9.17, 15) is 8.42 Å². The fraction of sp³-hybridized carbons (Fsp3) is 0.684. The average Bonchev–Trinajstić information content (AvgIpc) is 3.16. The standard InChI is InChI=1S/C19H28N2O2S.ClH/c22-24(23,18-8-7-15-4-1-2-5-17(15)14-18)21-12-9-16(10-13-21)19-6-3-11-20-19;/h7-8,14,16,19-20H,1-6,9-13H2;1H. The molecule has 4 nitrogen and oxygen atoms in total. The summed E-state index contributed by atoms with van der Waals surface area (Å²) in [5.41, 5.74) is 2.58. The number of benzene rings is 1. The third-order valence-electron chi connectivity index (χ3n) is 6.12. The lowest BCUT2D eigenvalue weighted by atomic mass is 9.89. The Balaban J connectivity index is 0.00000182. The Morgan fingerprint density at radius 2 is 1.68 bits per heavy atom. The predicted octanol–water partition coefficient (Wildman–Crippen LogP) is 3.14. The molecule has 6 heteroatoms. The maximum atomic E-state index is 13.0. The van der Waals surface area contributed by atoms with Gasteiger partial charge in [-0.1, -0.05) is 6.07 Å². The van der Waals surface area contributed by atoms with Crippen LogP contribution in [-0.4, -0.2) is 38.4 Å². The number of piperidine rings is 1. The van der Waals surface area contributed by atoms with Gasteiger partial charge in [0.05, 0.1) is 4.90 Å². The summed E-state index contributed by atoms with van der Waals surface area (Å²) in [6.45, 7) is 2.46. The highest BCUT2D eigenvalue weighted by Crippen LogP contribution is 2.30. The first kappa shape index (κ1) is 19.2. The van der Waals surface area contributed by atoms with Crippen LogP contribution in [0, 0.1) is 5.92 Å². The highest BCUT2D eigenvalue weighted by molar-refractivity contribution is 7.89. The zero-order valence-corrected chi connectivity index (χ0v) is 16.4. The van der Waals surface area contributed by atoms with E-state index in [0.717, 1.165) is 32.2 Å². The normalized spacial score (nSPS) is 25.4. The van der Waals surface area contributed by atoms with E-state index in [-0.39, 0.29) is 12.4 Å². The number of halogens is 1. The van der Waals surface area contributed by atoms with Gasteiger partial charge in [0, 0.05) is 19.1 Å². The molecular formula is C19H29ClN2O2S. The minimum Gasteiger partial charge on any atom is -0.314 e. The summed E-state index contributed by atoms with van der Waals surface area (Å²) in [4.78, 5) is 0.501. The summed E-state index contributed by atoms with van der Waals surface area (Å²) < 4.78 is 27.7. The van der Waals surface area contributed by atoms with Crippen LogP contribution in [0.4, 0.5) is 0 Å². The molecule has 4 rings (SSSR count). The van der Waals surface area contributed by atoms with Crippen molar-refractivity contribution in [3.63, 3.8) is 0 Å². The van der Waals surface area contributed by atoms with Crippen molar-refractivity contribution in [3.8, 4) is 0 Å². The molecule has 1 N–H and O–H groups in total. The van der Waals surface area contributed by atoms with Crippen LogP contribution in [-0.2, 0) is 22.9 Å². The van der Waals surface area contributed by atoms with Crippen molar-refractivity contribution in [2.24, 2.45) is 5.92 Å². The highest BCUT2D eigenvalue weighted by atomic mass is 35.5. The number of nitrogens with zero attached hydrogens (tertiary/aromatic N) is 1. The van der Waals surface area contributed by atoms with Crippen LogP contribution in [0.15, 0.2) is 23.1 Å². The summed E-state index contributed by atoms with van der Waals surface area (Å²) in [7, 11) is -3.33. The van der Waals surface area contributed by atoms with Gasteiger partial charge in [0.1, 0.15) is 0 Å². The van der Waals surface area contributed by atoms with Crippen molar-refractivity contribution in [3.05, 3.63) is 29.3 Å². The summed E-state index contributed by atoms with van der Waals surface area (Å²) in [6, 6.07) is 6.41. The van der Waals surface area contributed by atoms with E-state index in [4.69, 9.17) is 0 Å². The van der Waals surface area contributed by atoms with E-state index in [2.05, 4.69) is 5.32 Å². The molecule has 0 saturated carbocycles. The second kappa shape index (κ2) is 7.95. The molecule has 3 aliphatic rings. The fourth-order valence-electron chi connectivity index (χ4n) is 4.65. The molecule has 2 heterocycles. The second-order valence-corrected chi connectivity index (χ2v) is 9.52. The smallest absolute Gasteiger partial charge is 0.243 e. The van der Waals surface area contributed by atoms with Gasteiger partial charge in [-0.3, -0.25) is 0 Å². The lowest BCUT2D eigenvalue weighted by Crippen LogP contribution is -2.43. The van der Waals surface area contributed by atoms with Crippen LogP contribution < -0.4 is 5.32 Å². The number of nitrogens with one attached hydrogen (secondary N) is 1. The molecule has 2 aliphatic heterocycles. The fourth-order valence-corrected chi connectivity index (χ4v) is 6.17. The van der Waals surface area contributed by atoms with Crippen LogP contribution in [0.25, 0.3) is 0 Å². The van der Waals surface area contributed by atoms with Gasteiger partial charge in [-0.15, -0.1) is 12.4 Å². The Labute approximate surface area is 157 Å². The molecule has 2 fully saturated rings. The zero-order chi connectivity index (χ0) is 16.6. The van der Waals surface area contributed by atoms with Crippen LogP contribution in [0.2, 0.25) is 0 Å². The summed E-state index contributed by atoms with van der Waals surface area (Å²) in [5, 5.41) is 3.58. The molecule has 1 unspecified atom stereocenters. The first-order valence-electron chi connectivity index (χ1n) is 9.50. The molecule has 1 atom stereocenters. The van der Waals surface area contributed by atoms with E-state index in [0.29, 0.717) is 29.9 Å². The number of sulfonamides is 1. The van der Waals surface area contributed by atoms with Gasteiger partial charge in [-0.05, 0) is 87.1 Å². The first-order chi connectivity index (χ1) is 11.6. The summed E-state index contributed by atoms with van der Waals surface area (Å²) >= 11 is 0. The van der Waals surface area contributed by atoms with Crippen molar-refractivity contribution in [1.29, 1.82) is 0 Å². The van der Waals surface area contributed by atoms with Gasteiger partial charge in [-0.2, -0.15) is 4.31 Å². The molecule has 0 aromatic heterocycles. The lowest BCUT2D eigenvalue weighted by molar-refractivity contribution is 0.234. The molecule has 1 aromatic carbocycles. The van der Waals surface area contributed by atoms with E-state index in [1.165, 1.54) is 36.8 Å². The summed E-state index contributed by atoms with van der Waals surface area (Å²) in [5.74, 6) is 0.641. The minimum atomic E-state index is -3.33. The Morgan fingerprint density at radius 3 is 2.36 bits per heavy atom. The molecule has 0 amide bonds. The Bertz CT molecular complexity index is 693. The van der Waals surface area contributed by atoms with Crippen LogP contribution in [0.5, 0.6) is 0 Å². The molecule has 1 aliphatic carbocycles. The number of rotatable bonds is 3. The molecular weight excluding hydrogens is 356 g/mol. The number of hydrogen-bond acceptors (Lipinski definition) is 3. The monoisotopic (exact) mass is 384 g/mol. The predicted molar refractivity (Wildman–Crippen MR) is 103 cm³/mol. The molecule has 1 aromatic rings. The van der Waals surface area contributed by atoms with E-state index >= 15 is 0 Å². The average molecular weight is 385 g/mol. The van der Waals surface area contributed by atoms with Gasteiger partial charge in [0.25, 0.3) is 0 Å². The number of hydrogen-bond donors (Lipinski definition) is 1. The Morgan fingerprint density at radius 1 is 0.960 bits per heavy atom.